The lowest BCUT2D eigenvalue weighted by atomic mass is 10.1. The quantitative estimate of drug-likeness (QED) is 0.535. The first-order valence-electron chi connectivity index (χ1n) is 5.20. The summed E-state index contributed by atoms with van der Waals surface area (Å²) in [6, 6.07) is 0. The molecule has 1 unspecified atom stereocenters. The Labute approximate surface area is 99.9 Å². The molecule has 7 nitrogen and oxygen atoms in total. The van der Waals surface area contributed by atoms with Crippen molar-refractivity contribution in [2.45, 2.75) is 26.2 Å². The van der Waals surface area contributed by atoms with Crippen LogP contribution in [-0.4, -0.2) is 42.9 Å². The van der Waals surface area contributed by atoms with Gasteiger partial charge in [-0.15, -0.1) is 0 Å². The lowest BCUT2D eigenvalue weighted by Gasteiger charge is -2.11. The summed E-state index contributed by atoms with van der Waals surface area (Å²) in [6.07, 6.45) is 0.579. The average Bonchev–Trinajstić information content (AvgIpc) is 2.20. The van der Waals surface area contributed by atoms with E-state index in [-0.39, 0.29) is 5.75 Å². The molecule has 0 bridgehead atoms. The maximum absolute atomic E-state index is 11.4. The van der Waals surface area contributed by atoms with E-state index in [0.29, 0.717) is 12.8 Å². The zero-order valence-corrected chi connectivity index (χ0v) is 10.4. The van der Waals surface area contributed by atoms with E-state index in [9.17, 15) is 18.0 Å². The second kappa shape index (κ2) is 7.23. The van der Waals surface area contributed by atoms with Gasteiger partial charge in [0.05, 0.1) is 18.1 Å². The molecule has 0 saturated heterocycles. The highest BCUT2D eigenvalue weighted by atomic mass is 32.2. The fourth-order valence-electron chi connectivity index (χ4n) is 1.09. The van der Waals surface area contributed by atoms with Crippen molar-refractivity contribution in [1.82, 2.24) is 4.72 Å². The van der Waals surface area contributed by atoms with Crippen molar-refractivity contribution in [2.75, 3.05) is 12.3 Å². The summed E-state index contributed by atoms with van der Waals surface area (Å²) >= 11 is 0. The number of hydrogen-bond donors (Lipinski definition) is 3. The van der Waals surface area contributed by atoms with Crippen LogP contribution in [0, 0.1) is 5.92 Å². The summed E-state index contributed by atoms with van der Waals surface area (Å²) in [5.74, 6) is -3.93. The van der Waals surface area contributed by atoms with Crippen molar-refractivity contribution in [3.8, 4) is 0 Å². The molecule has 0 radical (unpaired) electrons. The fraction of sp³-hybridized carbons (Fsp3) is 0.778. The van der Waals surface area contributed by atoms with Gasteiger partial charge >= 0.3 is 11.9 Å². The Kier molecular flexibility index (Phi) is 6.74. The maximum Gasteiger partial charge on any atom is 0.308 e. The molecule has 0 spiro atoms. The highest BCUT2D eigenvalue weighted by Gasteiger charge is 2.23. The topological polar surface area (TPSA) is 121 Å². The highest BCUT2D eigenvalue weighted by molar-refractivity contribution is 7.89. The minimum absolute atomic E-state index is 0.0804. The minimum Gasteiger partial charge on any atom is -0.481 e. The molecular weight excluding hydrogens is 250 g/mol. The van der Waals surface area contributed by atoms with Gasteiger partial charge in [0.15, 0.2) is 0 Å². The number of sulfonamides is 1. The molecule has 0 aromatic heterocycles. The van der Waals surface area contributed by atoms with Crippen molar-refractivity contribution in [3.63, 3.8) is 0 Å². The third-order valence-electron chi connectivity index (χ3n) is 2.09. The van der Waals surface area contributed by atoms with Gasteiger partial charge in [0, 0.05) is 6.54 Å². The largest absolute Gasteiger partial charge is 0.481 e. The molecule has 0 aliphatic rings. The Hall–Kier alpha value is -1.15. The zero-order valence-electron chi connectivity index (χ0n) is 9.55. The monoisotopic (exact) mass is 267 g/mol. The second-order valence-electron chi connectivity index (χ2n) is 3.65. The van der Waals surface area contributed by atoms with E-state index in [2.05, 4.69) is 4.72 Å². The van der Waals surface area contributed by atoms with Crippen molar-refractivity contribution < 1.29 is 28.2 Å². The molecule has 0 heterocycles. The summed E-state index contributed by atoms with van der Waals surface area (Å²) < 4.78 is 24.8. The number of aliphatic carboxylic acids is 2. The standard InChI is InChI=1S/C9H17NO6S/c1-2-3-4-17(15,16)10-6-7(9(13)14)5-8(11)12/h7,10H,2-6H2,1H3,(H,11,12)(H,13,14). The van der Waals surface area contributed by atoms with Gasteiger partial charge in [-0.05, 0) is 6.42 Å². The van der Waals surface area contributed by atoms with Crippen molar-refractivity contribution in [1.29, 1.82) is 0 Å². The first-order chi connectivity index (χ1) is 7.78. The minimum atomic E-state index is -3.51. The van der Waals surface area contributed by atoms with Gasteiger partial charge in [0.2, 0.25) is 10.0 Å². The van der Waals surface area contributed by atoms with Crippen LogP contribution in [0.2, 0.25) is 0 Å². The van der Waals surface area contributed by atoms with Crippen LogP contribution in [0.25, 0.3) is 0 Å². The van der Waals surface area contributed by atoms with Crippen LogP contribution in [0.4, 0.5) is 0 Å². The average molecular weight is 267 g/mol. The van der Waals surface area contributed by atoms with Crippen LogP contribution in [-0.2, 0) is 19.6 Å². The Morgan fingerprint density at radius 1 is 1.29 bits per heavy atom. The van der Waals surface area contributed by atoms with Crippen molar-refractivity contribution in [2.24, 2.45) is 5.92 Å². The Morgan fingerprint density at radius 3 is 2.29 bits per heavy atom. The third kappa shape index (κ3) is 7.70. The van der Waals surface area contributed by atoms with Crippen molar-refractivity contribution >= 4 is 22.0 Å². The summed E-state index contributed by atoms with van der Waals surface area (Å²) in [6.45, 7) is 1.44. The van der Waals surface area contributed by atoms with Crippen LogP contribution in [0.5, 0.6) is 0 Å². The molecule has 0 saturated carbocycles. The number of carboxylic acid groups (broad SMARTS) is 2. The van der Waals surface area contributed by atoms with Crippen LogP contribution in [0.15, 0.2) is 0 Å². The fourth-order valence-corrected chi connectivity index (χ4v) is 2.36. The first-order valence-corrected chi connectivity index (χ1v) is 6.85. The molecular formula is C9H17NO6S. The summed E-state index contributed by atoms with van der Waals surface area (Å²) in [4.78, 5) is 21.0. The van der Waals surface area contributed by atoms with E-state index in [4.69, 9.17) is 10.2 Å². The number of rotatable bonds is 9. The Morgan fingerprint density at radius 2 is 1.88 bits per heavy atom. The zero-order chi connectivity index (χ0) is 13.5. The van der Waals surface area contributed by atoms with Crippen LogP contribution >= 0.6 is 0 Å². The third-order valence-corrected chi connectivity index (χ3v) is 3.52. The van der Waals surface area contributed by atoms with Crippen LogP contribution in [0.3, 0.4) is 0 Å². The lowest BCUT2D eigenvalue weighted by molar-refractivity contribution is -0.147. The Balaban J connectivity index is 4.30. The van der Waals surface area contributed by atoms with E-state index >= 15 is 0 Å². The molecule has 1 atom stereocenters. The van der Waals surface area contributed by atoms with Gasteiger partial charge in [0.25, 0.3) is 0 Å². The lowest BCUT2D eigenvalue weighted by Crippen LogP contribution is -2.35. The Bertz CT molecular complexity index is 364. The first kappa shape index (κ1) is 15.9. The molecule has 100 valence electrons. The number of hydrogen-bond acceptors (Lipinski definition) is 4. The SMILES string of the molecule is CCCCS(=O)(=O)NCC(CC(=O)O)C(=O)O. The highest BCUT2D eigenvalue weighted by Crippen LogP contribution is 2.03. The van der Waals surface area contributed by atoms with E-state index in [0.717, 1.165) is 0 Å². The molecule has 0 aliphatic carbocycles. The molecule has 0 rings (SSSR count). The van der Waals surface area contributed by atoms with Gasteiger partial charge in [-0.25, -0.2) is 13.1 Å². The molecule has 3 N–H and O–H groups in total. The summed E-state index contributed by atoms with van der Waals surface area (Å²) in [7, 11) is -3.51. The molecule has 0 amide bonds. The molecule has 0 aromatic carbocycles. The summed E-state index contributed by atoms with van der Waals surface area (Å²) in [5.41, 5.74) is 0. The second-order valence-corrected chi connectivity index (χ2v) is 5.58. The van der Waals surface area contributed by atoms with Crippen molar-refractivity contribution in [3.05, 3.63) is 0 Å². The molecule has 0 aliphatic heterocycles. The predicted octanol–water partition coefficient (Wildman–Crippen LogP) is -0.119. The normalized spacial score (nSPS) is 13.2. The van der Waals surface area contributed by atoms with E-state index in [1.807, 2.05) is 6.92 Å². The molecule has 8 heteroatoms. The van der Waals surface area contributed by atoms with Crippen LogP contribution in [0.1, 0.15) is 26.2 Å². The number of carbonyl (C=O) groups is 2. The summed E-state index contributed by atoms with van der Waals surface area (Å²) in [5, 5.41) is 17.2. The molecule has 17 heavy (non-hydrogen) atoms. The van der Waals surface area contributed by atoms with E-state index in [1.165, 1.54) is 0 Å². The van der Waals surface area contributed by atoms with Gasteiger partial charge in [-0.2, -0.15) is 0 Å². The maximum atomic E-state index is 11.4. The van der Waals surface area contributed by atoms with Crippen LogP contribution < -0.4 is 4.72 Å². The number of nitrogens with one attached hydrogen (secondary N) is 1. The van der Waals surface area contributed by atoms with Gasteiger partial charge < -0.3 is 10.2 Å². The van der Waals surface area contributed by atoms with Gasteiger partial charge in [-0.1, -0.05) is 13.3 Å². The van der Waals surface area contributed by atoms with Gasteiger partial charge in [0.1, 0.15) is 0 Å². The molecule has 0 aromatic rings. The predicted molar refractivity (Wildman–Crippen MR) is 60.1 cm³/mol. The van der Waals surface area contributed by atoms with E-state index in [1.54, 1.807) is 0 Å². The van der Waals surface area contributed by atoms with Gasteiger partial charge in [-0.3, -0.25) is 9.59 Å². The number of unbranched alkanes of at least 4 members (excludes halogenated alkanes) is 1. The smallest absolute Gasteiger partial charge is 0.308 e. The molecule has 0 fully saturated rings. The number of carboxylic acids is 2. The van der Waals surface area contributed by atoms with E-state index < -0.39 is 40.8 Å².